The Morgan fingerprint density at radius 3 is 2.38 bits per heavy atom. The maximum atomic E-state index is 13.1. The van der Waals surface area contributed by atoms with Gasteiger partial charge >= 0.3 is 0 Å². The van der Waals surface area contributed by atoms with Gasteiger partial charge in [-0.1, -0.05) is 6.07 Å². The first-order valence-corrected chi connectivity index (χ1v) is 11.3. The van der Waals surface area contributed by atoms with E-state index in [1.165, 1.54) is 11.0 Å². The van der Waals surface area contributed by atoms with Crippen molar-refractivity contribution in [2.75, 3.05) is 33.8 Å². The molecule has 1 aliphatic rings. The van der Waals surface area contributed by atoms with Gasteiger partial charge in [0.25, 0.3) is 11.7 Å². The highest BCUT2D eigenvalue weighted by Gasteiger charge is 2.46. The van der Waals surface area contributed by atoms with Crippen molar-refractivity contribution in [3.8, 4) is 17.2 Å². The molecule has 0 aliphatic carbocycles. The monoisotopic (exact) mass is 468 g/mol. The molecule has 1 atom stereocenters. The van der Waals surface area contributed by atoms with Crippen molar-refractivity contribution in [2.24, 2.45) is 0 Å². The van der Waals surface area contributed by atoms with Gasteiger partial charge in [-0.25, -0.2) is 0 Å². The molecule has 0 bridgehead atoms. The number of phenolic OH excluding ortho intramolecular Hbond substituents is 1. The molecule has 0 spiro atoms. The van der Waals surface area contributed by atoms with Gasteiger partial charge in [-0.3, -0.25) is 9.59 Å². The van der Waals surface area contributed by atoms with E-state index in [0.717, 1.165) is 0 Å². The molecular weight excluding hydrogens is 436 g/mol. The Balaban J connectivity index is 2.11. The predicted octanol–water partition coefficient (Wildman–Crippen LogP) is 3.56. The van der Waals surface area contributed by atoms with E-state index >= 15 is 0 Å². The van der Waals surface area contributed by atoms with E-state index < -0.39 is 17.7 Å². The summed E-state index contributed by atoms with van der Waals surface area (Å²) >= 11 is 0. The first kappa shape index (κ1) is 25.1. The van der Waals surface area contributed by atoms with Crippen molar-refractivity contribution < 1.29 is 29.3 Å². The van der Waals surface area contributed by atoms with Gasteiger partial charge in [-0.15, -0.1) is 0 Å². The fourth-order valence-electron chi connectivity index (χ4n) is 3.86. The van der Waals surface area contributed by atoms with Crippen molar-refractivity contribution in [2.45, 2.75) is 32.9 Å². The number of amides is 1. The molecule has 0 unspecified atom stereocenters. The van der Waals surface area contributed by atoms with Gasteiger partial charge < -0.3 is 29.5 Å². The number of ether oxygens (including phenoxy) is 2. The van der Waals surface area contributed by atoms with Gasteiger partial charge in [0.2, 0.25) is 0 Å². The standard InChI is InChI=1S/C26H32N2O6/c1-6-33-21-15-18(9-12-20(21)29)23-22(25(31)26(32)28(23)14-13-27(4)5)24(30)17-7-10-19(11-8-17)34-16(2)3/h7-12,15-16,23,29-30H,6,13-14H2,1-5H3/t23-/m0/s1. The number of ketones is 1. The third-order valence-corrected chi connectivity index (χ3v) is 5.43. The Morgan fingerprint density at radius 1 is 1.12 bits per heavy atom. The zero-order chi connectivity index (χ0) is 25.0. The molecule has 2 aromatic rings. The molecule has 0 saturated carbocycles. The molecule has 182 valence electrons. The third-order valence-electron chi connectivity index (χ3n) is 5.43. The predicted molar refractivity (Wildman–Crippen MR) is 129 cm³/mol. The number of nitrogens with zero attached hydrogens (tertiary/aromatic N) is 2. The highest BCUT2D eigenvalue weighted by atomic mass is 16.5. The van der Waals surface area contributed by atoms with Gasteiger partial charge in [-0.05, 0) is 76.8 Å². The minimum Gasteiger partial charge on any atom is -0.507 e. The number of aliphatic hydroxyl groups excluding tert-OH is 1. The number of likely N-dealkylation sites (tertiary alicyclic amines) is 1. The number of aliphatic hydroxyl groups is 1. The van der Waals surface area contributed by atoms with Crippen molar-refractivity contribution in [3.63, 3.8) is 0 Å². The highest BCUT2D eigenvalue weighted by molar-refractivity contribution is 6.46. The van der Waals surface area contributed by atoms with Crippen LogP contribution in [0.2, 0.25) is 0 Å². The highest BCUT2D eigenvalue weighted by Crippen LogP contribution is 2.41. The SMILES string of the molecule is CCOc1cc([C@H]2C(=C(O)c3ccc(OC(C)C)cc3)C(=O)C(=O)N2CCN(C)C)ccc1O. The average Bonchev–Trinajstić information content (AvgIpc) is 3.03. The van der Waals surface area contributed by atoms with E-state index in [1.807, 2.05) is 32.8 Å². The summed E-state index contributed by atoms with van der Waals surface area (Å²) in [6.07, 6.45) is -0.00417. The fraction of sp³-hybridized carbons (Fsp3) is 0.385. The lowest BCUT2D eigenvalue weighted by atomic mass is 9.95. The first-order valence-electron chi connectivity index (χ1n) is 11.3. The summed E-state index contributed by atoms with van der Waals surface area (Å²) in [6.45, 7) is 6.77. The van der Waals surface area contributed by atoms with Crippen LogP contribution in [0.3, 0.4) is 0 Å². The van der Waals surface area contributed by atoms with Gasteiger partial charge in [0.05, 0.1) is 24.3 Å². The molecule has 34 heavy (non-hydrogen) atoms. The lowest BCUT2D eigenvalue weighted by Crippen LogP contribution is -2.35. The van der Waals surface area contributed by atoms with Crippen LogP contribution in [0.15, 0.2) is 48.0 Å². The molecule has 3 rings (SSSR count). The second kappa shape index (κ2) is 10.6. The largest absolute Gasteiger partial charge is 0.507 e. The molecule has 1 saturated heterocycles. The Hall–Kier alpha value is -3.52. The number of carbonyl (C=O) groups excluding carboxylic acids is 2. The van der Waals surface area contributed by atoms with Crippen molar-refractivity contribution in [1.29, 1.82) is 0 Å². The van der Waals surface area contributed by atoms with Crippen LogP contribution in [0.25, 0.3) is 5.76 Å². The van der Waals surface area contributed by atoms with Crippen LogP contribution in [0, 0.1) is 0 Å². The number of carbonyl (C=O) groups is 2. The van der Waals surface area contributed by atoms with Gasteiger partial charge in [0, 0.05) is 18.7 Å². The molecule has 2 N–H and O–H groups in total. The van der Waals surface area contributed by atoms with E-state index in [1.54, 1.807) is 43.3 Å². The van der Waals surface area contributed by atoms with Crippen LogP contribution >= 0.6 is 0 Å². The number of benzene rings is 2. The van der Waals surface area contributed by atoms with Crippen molar-refractivity contribution in [1.82, 2.24) is 9.80 Å². The average molecular weight is 469 g/mol. The van der Waals surface area contributed by atoms with E-state index in [9.17, 15) is 19.8 Å². The summed E-state index contributed by atoms with van der Waals surface area (Å²) in [5.74, 6) is -0.869. The molecule has 1 heterocycles. The second-order valence-electron chi connectivity index (χ2n) is 8.65. The number of phenols is 1. The van der Waals surface area contributed by atoms with E-state index in [4.69, 9.17) is 9.47 Å². The molecule has 0 radical (unpaired) electrons. The smallest absolute Gasteiger partial charge is 0.295 e. The number of hydrogen-bond donors (Lipinski definition) is 2. The van der Waals surface area contributed by atoms with Gasteiger partial charge in [0.15, 0.2) is 11.5 Å². The minimum absolute atomic E-state index is 0.00417. The quantitative estimate of drug-likeness (QED) is 0.330. The Kier molecular flexibility index (Phi) is 7.83. The Bertz CT molecular complexity index is 1080. The summed E-state index contributed by atoms with van der Waals surface area (Å²) in [5.41, 5.74) is 0.950. The minimum atomic E-state index is -0.827. The maximum absolute atomic E-state index is 13.1. The van der Waals surface area contributed by atoms with Crippen molar-refractivity contribution >= 4 is 17.4 Å². The molecule has 8 nitrogen and oxygen atoms in total. The summed E-state index contributed by atoms with van der Waals surface area (Å²) in [6, 6.07) is 10.6. The van der Waals surface area contributed by atoms with Gasteiger partial charge in [-0.2, -0.15) is 0 Å². The maximum Gasteiger partial charge on any atom is 0.295 e. The van der Waals surface area contributed by atoms with Crippen LogP contribution in [-0.2, 0) is 9.59 Å². The van der Waals surface area contributed by atoms with E-state index in [0.29, 0.717) is 30.0 Å². The topological polar surface area (TPSA) is 99.5 Å². The number of likely N-dealkylation sites (N-methyl/N-ethyl adjacent to an activating group) is 1. The lowest BCUT2D eigenvalue weighted by Gasteiger charge is -2.27. The fourth-order valence-corrected chi connectivity index (χ4v) is 3.86. The Labute approximate surface area is 200 Å². The zero-order valence-electron chi connectivity index (χ0n) is 20.2. The van der Waals surface area contributed by atoms with Gasteiger partial charge in [0.1, 0.15) is 11.5 Å². The van der Waals surface area contributed by atoms with Crippen LogP contribution in [0.1, 0.15) is 37.9 Å². The summed E-state index contributed by atoms with van der Waals surface area (Å²) < 4.78 is 11.2. The molecule has 1 aliphatic heterocycles. The number of Topliss-reactive ketones (excluding diaryl/α,β-unsaturated/α-hetero) is 1. The summed E-state index contributed by atoms with van der Waals surface area (Å²) in [5, 5.41) is 21.3. The van der Waals surface area contributed by atoms with Crippen molar-refractivity contribution in [3.05, 3.63) is 59.2 Å². The van der Waals surface area contributed by atoms with E-state index in [-0.39, 0.29) is 35.5 Å². The van der Waals surface area contributed by atoms with Crippen LogP contribution in [0.4, 0.5) is 0 Å². The zero-order valence-corrected chi connectivity index (χ0v) is 20.2. The van der Waals surface area contributed by atoms with E-state index in [2.05, 4.69) is 0 Å². The molecule has 0 aromatic heterocycles. The summed E-state index contributed by atoms with van der Waals surface area (Å²) in [4.78, 5) is 29.5. The van der Waals surface area contributed by atoms with Crippen LogP contribution in [-0.4, -0.2) is 71.6 Å². The summed E-state index contributed by atoms with van der Waals surface area (Å²) in [7, 11) is 3.75. The number of rotatable bonds is 9. The first-order chi connectivity index (χ1) is 16.1. The third kappa shape index (κ3) is 5.34. The molecule has 1 amide bonds. The Morgan fingerprint density at radius 2 is 1.79 bits per heavy atom. The second-order valence-corrected chi connectivity index (χ2v) is 8.65. The lowest BCUT2D eigenvalue weighted by molar-refractivity contribution is -0.140. The number of aromatic hydroxyl groups is 1. The molecule has 1 fully saturated rings. The molecule has 8 heteroatoms. The molecule has 2 aromatic carbocycles. The van der Waals surface area contributed by atoms with Crippen LogP contribution in [0.5, 0.6) is 17.2 Å². The number of hydrogen-bond acceptors (Lipinski definition) is 7. The normalized spacial score (nSPS) is 17.6. The molecular formula is C26H32N2O6. The van der Waals surface area contributed by atoms with Crippen LogP contribution < -0.4 is 9.47 Å².